The molecule has 0 aliphatic carbocycles. The van der Waals surface area contributed by atoms with Crippen molar-refractivity contribution in [2.75, 3.05) is 19.7 Å². The number of aromatic carboxylic acids is 1. The number of rotatable bonds is 10. The smallest absolute Gasteiger partial charge is 0.478 e. The predicted octanol–water partition coefficient (Wildman–Crippen LogP) is 2.21. The molecule has 1 fully saturated rings. The summed E-state index contributed by atoms with van der Waals surface area (Å²) in [6, 6.07) is 6.54. The molecule has 28 heavy (non-hydrogen) atoms. The second-order valence-corrected chi connectivity index (χ2v) is 8.23. The van der Waals surface area contributed by atoms with Crippen molar-refractivity contribution in [1.82, 2.24) is 10.6 Å². The summed E-state index contributed by atoms with van der Waals surface area (Å²) in [5.74, 6) is -1.03. The quantitative estimate of drug-likeness (QED) is 0.344. The minimum absolute atomic E-state index is 0.0542. The maximum absolute atomic E-state index is 11.8. The van der Waals surface area contributed by atoms with Crippen LogP contribution in [-0.2, 0) is 14.1 Å². The molecule has 154 valence electrons. The number of carbonyl (C=O) groups excluding carboxylic acids is 1. The fourth-order valence-corrected chi connectivity index (χ4v) is 4.18. The summed E-state index contributed by atoms with van der Waals surface area (Å²) in [5, 5.41) is 15.2. The highest BCUT2D eigenvalue weighted by Gasteiger charge is 2.40. The van der Waals surface area contributed by atoms with E-state index in [4.69, 9.17) is 9.84 Å². The van der Waals surface area contributed by atoms with Gasteiger partial charge in [0.15, 0.2) is 0 Å². The van der Waals surface area contributed by atoms with E-state index in [-0.39, 0.29) is 23.6 Å². The highest BCUT2D eigenvalue weighted by atomic mass is 31.1. The molecule has 1 saturated heterocycles. The lowest BCUT2D eigenvalue weighted by atomic mass is 10.0. The maximum Gasteiger partial charge on any atom is 0.511 e. The van der Waals surface area contributed by atoms with Crippen LogP contribution in [0.4, 0.5) is 0 Å². The molecular formula is C19H28N2O6P+. The lowest BCUT2D eigenvalue weighted by Crippen LogP contribution is -2.45. The van der Waals surface area contributed by atoms with Crippen molar-refractivity contribution in [1.29, 1.82) is 0 Å². The maximum atomic E-state index is 11.8. The Morgan fingerprint density at radius 3 is 2.75 bits per heavy atom. The van der Waals surface area contributed by atoms with Crippen molar-refractivity contribution >= 4 is 19.9 Å². The summed E-state index contributed by atoms with van der Waals surface area (Å²) in [6.45, 7) is 2.84. The molecule has 4 N–H and O–H groups in total. The molecule has 1 aromatic carbocycles. The Labute approximate surface area is 165 Å². The van der Waals surface area contributed by atoms with Crippen LogP contribution in [0.5, 0.6) is 0 Å². The third kappa shape index (κ3) is 6.95. The zero-order chi connectivity index (χ0) is 20.5. The number of morpholine rings is 1. The molecular weight excluding hydrogens is 383 g/mol. The van der Waals surface area contributed by atoms with Gasteiger partial charge >= 0.3 is 14.0 Å². The van der Waals surface area contributed by atoms with E-state index in [0.717, 1.165) is 24.8 Å². The van der Waals surface area contributed by atoms with Crippen LogP contribution in [0.15, 0.2) is 24.3 Å². The normalized spacial score (nSPS) is 21.0. The minimum Gasteiger partial charge on any atom is -0.478 e. The van der Waals surface area contributed by atoms with Crippen molar-refractivity contribution in [3.05, 3.63) is 35.4 Å². The summed E-state index contributed by atoms with van der Waals surface area (Å²) < 4.78 is 17.7. The lowest BCUT2D eigenvalue weighted by molar-refractivity contribution is -0.118. The van der Waals surface area contributed by atoms with Gasteiger partial charge in [-0.15, -0.1) is 0 Å². The largest absolute Gasteiger partial charge is 0.511 e. The van der Waals surface area contributed by atoms with E-state index in [1.165, 1.54) is 13.0 Å². The molecule has 4 atom stereocenters. The number of amides is 1. The van der Waals surface area contributed by atoms with E-state index >= 15 is 0 Å². The highest BCUT2D eigenvalue weighted by molar-refractivity contribution is 7.39. The fourth-order valence-electron chi connectivity index (χ4n) is 3.30. The number of hydrogen-bond donors (Lipinski definition) is 4. The van der Waals surface area contributed by atoms with Crippen molar-refractivity contribution in [2.45, 2.75) is 50.4 Å². The molecule has 9 heteroatoms. The van der Waals surface area contributed by atoms with Crippen LogP contribution in [0.25, 0.3) is 0 Å². The highest BCUT2D eigenvalue weighted by Crippen LogP contribution is 2.33. The molecule has 1 heterocycles. The van der Waals surface area contributed by atoms with Gasteiger partial charge in [-0.1, -0.05) is 18.6 Å². The average molecular weight is 411 g/mol. The number of carboxylic acid groups (broad SMARTS) is 1. The zero-order valence-electron chi connectivity index (χ0n) is 16.0. The SMILES string of the molecule is CC(=O)NCCCCCC([C@H]1CN[C@H](c2cccc(C(=O)O)c2)CO1)[P+](=O)O. The van der Waals surface area contributed by atoms with Gasteiger partial charge in [0.2, 0.25) is 11.6 Å². The van der Waals surface area contributed by atoms with Crippen LogP contribution in [-0.4, -0.2) is 53.3 Å². The summed E-state index contributed by atoms with van der Waals surface area (Å²) in [5.41, 5.74) is 0.591. The summed E-state index contributed by atoms with van der Waals surface area (Å²) in [4.78, 5) is 31.6. The zero-order valence-corrected chi connectivity index (χ0v) is 16.9. The second kappa shape index (κ2) is 11.2. The molecule has 0 aromatic heterocycles. The van der Waals surface area contributed by atoms with Gasteiger partial charge in [0.05, 0.1) is 18.2 Å². The van der Waals surface area contributed by atoms with E-state index in [1.807, 2.05) is 6.07 Å². The minimum atomic E-state index is -2.37. The lowest BCUT2D eigenvalue weighted by Gasteiger charge is -2.31. The monoisotopic (exact) mass is 411 g/mol. The van der Waals surface area contributed by atoms with Crippen molar-refractivity contribution in [2.24, 2.45) is 0 Å². The van der Waals surface area contributed by atoms with E-state index in [9.17, 15) is 19.0 Å². The Bertz CT molecular complexity index is 691. The first kappa shape index (κ1) is 22.4. The molecule has 0 saturated carbocycles. The van der Waals surface area contributed by atoms with Gasteiger partial charge in [0.1, 0.15) is 6.10 Å². The predicted molar refractivity (Wildman–Crippen MR) is 105 cm³/mol. The Balaban J connectivity index is 1.82. The number of benzene rings is 1. The van der Waals surface area contributed by atoms with Gasteiger partial charge in [0.25, 0.3) is 0 Å². The van der Waals surface area contributed by atoms with E-state index in [0.29, 0.717) is 26.1 Å². The number of hydrogen-bond acceptors (Lipinski definition) is 5. The number of carbonyl (C=O) groups is 2. The Morgan fingerprint density at radius 1 is 1.36 bits per heavy atom. The van der Waals surface area contributed by atoms with Gasteiger partial charge in [-0.2, -0.15) is 4.89 Å². The molecule has 2 rings (SSSR count). The van der Waals surface area contributed by atoms with Gasteiger partial charge in [-0.25, -0.2) is 4.79 Å². The van der Waals surface area contributed by atoms with Gasteiger partial charge in [-0.05, 0) is 41.5 Å². The van der Waals surface area contributed by atoms with Crippen molar-refractivity contribution in [3.63, 3.8) is 0 Å². The molecule has 1 aliphatic rings. The first-order chi connectivity index (χ1) is 13.4. The number of nitrogens with one attached hydrogen (secondary N) is 2. The molecule has 1 aromatic rings. The molecule has 0 spiro atoms. The summed E-state index contributed by atoms with van der Waals surface area (Å²) in [6.07, 6.45) is 2.71. The number of carboxylic acids is 1. The number of unbranched alkanes of at least 4 members (excludes halogenated alkanes) is 2. The third-order valence-corrected chi connectivity index (χ3v) is 6.00. The molecule has 0 radical (unpaired) electrons. The van der Waals surface area contributed by atoms with Gasteiger partial charge < -0.3 is 20.5 Å². The molecule has 1 aliphatic heterocycles. The fraction of sp³-hybridized carbons (Fsp3) is 0.579. The van der Waals surface area contributed by atoms with Gasteiger partial charge in [0, 0.05) is 20.0 Å². The molecule has 2 unspecified atom stereocenters. The van der Waals surface area contributed by atoms with E-state index in [2.05, 4.69) is 10.6 Å². The van der Waals surface area contributed by atoms with Crippen molar-refractivity contribution in [3.8, 4) is 0 Å². The van der Waals surface area contributed by atoms with Crippen LogP contribution >= 0.6 is 8.03 Å². The summed E-state index contributed by atoms with van der Waals surface area (Å²) in [7, 11) is -2.37. The van der Waals surface area contributed by atoms with Crippen LogP contribution in [0.2, 0.25) is 0 Å². The molecule has 1 amide bonds. The first-order valence-corrected chi connectivity index (χ1v) is 10.7. The van der Waals surface area contributed by atoms with Gasteiger partial charge in [-0.3, -0.25) is 4.79 Å². The Hall–Kier alpha value is -1.86. The Morgan fingerprint density at radius 2 is 2.14 bits per heavy atom. The van der Waals surface area contributed by atoms with Crippen LogP contribution < -0.4 is 10.6 Å². The standard InChI is InChI=1S/C19H27N2O6P/c1-13(22)20-9-4-2-3-8-18(28(25)26)17-11-21-16(12-27-17)14-6-5-7-15(10-14)19(23)24/h5-7,10,16-18,21H,2-4,8-9,11-12H2,1H3,(H2-,20,22,23,24,25,26)/p+1/t16-,17+,18?/m0/s1. The number of ether oxygens (including phenoxy) is 1. The summed E-state index contributed by atoms with van der Waals surface area (Å²) >= 11 is 0. The Kier molecular flexibility index (Phi) is 8.99. The first-order valence-electron chi connectivity index (χ1n) is 9.46. The van der Waals surface area contributed by atoms with E-state index in [1.54, 1.807) is 12.1 Å². The van der Waals surface area contributed by atoms with Crippen LogP contribution in [0, 0.1) is 0 Å². The molecule has 8 nitrogen and oxygen atoms in total. The van der Waals surface area contributed by atoms with E-state index < -0.39 is 19.7 Å². The topological polar surface area (TPSA) is 125 Å². The molecule has 0 bridgehead atoms. The average Bonchev–Trinajstić information content (AvgIpc) is 2.67. The second-order valence-electron chi connectivity index (χ2n) is 6.97. The van der Waals surface area contributed by atoms with Crippen LogP contribution in [0.3, 0.4) is 0 Å². The third-order valence-electron chi connectivity index (χ3n) is 4.84. The van der Waals surface area contributed by atoms with Crippen molar-refractivity contribution < 1.29 is 28.9 Å². The van der Waals surface area contributed by atoms with Crippen LogP contribution in [0.1, 0.15) is 54.6 Å².